The molecule has 1 aromatic rings. The Kier molecular flexibility index (Phi) is 2.53. The van der Waals surface area contributed by atoms with Crippen LogP contribution in [0.1, 0.15) is 37.2 Å². The quantitative estimate of drug-likeness (QED) is 0.690. The summed E-state index contributed by atoms with van der Waals surface area (Å²) in [6.07, 6.45) is 3.94. The van der Waals surface area contributed by atoms with Crippen LogP contribution in [0.5, 0.6) is 0 Å². The van der Waals surface area contributed by atoms with E-state index in [1.165, 1.54) is 0 Å². The van der Waals surface area contributed by atoms with E-state index >= 15 is 0 Å². The van der Waals surface area contributed by atoms with Gasteiger partial charge in [-0.3, -0.25) is 4.79 Å². The molecule has 14 heavy (non-hydrogen) atoms. The molecule has 0 bridgehead atoms. The minimum Gasteiger partial charge on any atom is -0.399 e. The molecule has 1 unspecified atom stereocenters. The van der Waals surface area contributed by atoms with E-state index in [1.807, 2.05) is 24.3 Å². The first kappa shape index (κ1) is 9.25. The van der Waals surface area contributed by atoms with E-state index < -0.39 is 0 Å². The Morgan fingerprint density at radius 2 is 2.14 bits per heavy atom. The predicted molar refractivity (Wildman–Crippen MR) is 57.1 cm³/mol. The third-order valence-electron chi connectivity index (χ3n) is 2.87. The maximum Gasteiger partial charge on any atom is 0.140 e. The van der Waals surface area contributed by atoms with Crippen molar-refractivity contribution >= 4 is 11.5 Å². The molecule has 0 radical (unpaired) electrons. The van der Waals surface area contributed by atoms with Gasteiger partial charge in [0, 0.05) is 18.0 Å². The number of rotatable bonds is 1. The van der Waals surface area contributed by atoms with Crippen LogP contribution in [0.4, 0.5) is 5.69 Å². The lowest BCUT2D eigenvalue weighted by Gasteiger charge is -2.20. The number of nitrogens with two attached hydrogens (primary N) is 1. The smallest absolute Gasteiger partial charge is 0.140 e. The van der Waals surface area contributed by atoms with Crippen LogP contribution in [-0.4, -0.2) is 5.78 Å². The maximum absolute atomic E-state index is 11.7. The third kappa shape index (κ3) is 1.79. The number of carbonyl (C=O) groups is 1. The highest BCUT2D eigenvalue weighted by Crippen LogP contribution is 2.30. The summed E-state index contributed by atoms with van der Waals surface area (Å²) >= 11 is 0. The van der Waals surface area contributed by atoms with Crippen molar-refractivity contribution in [2.45, 2.75) is 31.6 Å². The summed E-state index contributed by atoms with van der Waals surface area (Å²) in [4.78, 5) is 11.7. The summed E-state index contributed by atoms with van der Waals surface area (Å²) < 4.78 is 0. The molecule has 1 aliphatic rings. The molecule has 0 saturated heterocycles. The van der Waals surface area contributed by atoms with E-state index in [0.29, 0.717) is 5.78 Å². The first-order valence-corrected chi connectivity index (χ1v) is 5.15. The van der Waals surface area contributed by atoms with Crippen molar-refractivity contribution in [2.75, 3.05) is 5.73 Å². The van der Waals surface area contributed by atoms with Gasteiger partial charge in [0.05, 0.1) is 0 Å². The first-order valence-electron chi connectivity index (χ1n) is 5.15. The molecule has 1 aliphatic carbocycles. The molecule has 1 fully saturated rings. The van der Waals surface area contributed by atoms with E-state index in [0.717, 1.165) is 36.9 Å². The molecule has 2 N–H and O–H groups in total. The Balaban J connectivity index is 2.24. The van der Waals surface area contributed by atoms with Crippen molar-refractivity contribution in [1.29, 1.82) is 0 Å². The standard InChI is InChI=1S/C12H15NO/c13-10-5-3-4-9(8-10)11-6-1-2-7-12(11)14/h3-5,8,11H,1-2,6-7,13H2. The van der Waals surface area contributed by atoms with E-state index in [1.54, 1.807) is 0 Å². The summed E-state index contributed by atoms with van der Waals surface area (Å²) in [5.74, 6) is 0.481. The number of anilines is 1. The minimum atomic E-state index is 0.104. The number of benzene rings is 1. The molecular weight excluding hydrogens is 174 g/mol. The number of hydrogen-bond acceptors (Lipinski definition) is 2. The van der Waals surface area contributed by atoms with E-state index in [2.05, 4.69) is 0 Å². The highest BCUT2D eigenvalue weighted by atomic mass is 16.1. The highest BCUT2D eigenvalue weighted by Gasteiger charge is 2.23. The zero-order valence-electron chi connectivity index (χ0n) is 8.20. The average molecular weight is 189 g/mol. The van der Waals surface area contributed by atoms with Gasteiger partial charge in [-0.2, -0.15) is 0 Å². The summed E-state index contributed by atoms with van der Waals surface area (Å²) in [6.45, 7) is 0. The fourth-order valence-corrected chi connectivity index (χ4v) is 2.11. The predicted octanol–water partition coefficient (Wildman–Crippen LogP) is 2.50. The molecule has 1 aromatic carbocycles. The molecular formula is C12H15NO. The van der Waals surface area contributed by atoms with Crippen molar-refractivity contribution in [2.24, 2.45) is 0 Å². The van der Waals surface area contributed by atoms with Gasteiger partial charge >= 0.3 is 0 Å². The lowest BCUT2D eigenvalue weighted by molar-refractivity contribution is -0.121. The summed E-state index contributed by atoms with van der Waals surface area (Å²) in [5, 5.41) is 0. The Bertz CT molecular complexity index is 346. The number of nitrogen functional groups attached to an aromatic ring is 1. The van der Waals surface area contributed by atoms with Gasteiger partial charge in [0.25, 0.3) is 0 Å². The zero-order valence-corrected chi connectivity index (χ0v) is 8.20. The molecule has 2 rings (SSSR count). The van der Waals surface area contributed by atoms with Gasteiger partial charge in [0.15, 0.2) is 0 Å². The van der Waals surface area contributed by atoms with Crippen molar-refractivity contribution < 1.29 is 4.79 Å². The molecule has 0 amide bonds. The van der Waals surface area contributed by atoms with Crippen molar-refractivity contribution in [1.82, 2.24) is 0 Å². The van der Waals surface area contributed by atoms with Gasteiger partial charge in [-0.25, -0.2) is 0 Å². The van der Waals surface area contributed by atoms with Crippen LogP contribution < -0.4 is 5.73 Å². The van der Waals surface area contributed by atoms with Crippen LogP contribution in [0.2, 0.25) is 0 Å². The first-order chi connectivity index (χ1) is 6.77. The van der Waals surface area contributed by atoms with Crippen LogP contribution in [0, 0.1) is 0 Å². The fourth-order valence-electron chi connectivity index (χ4n) is 2.11. The molecule has 0 aromatic heterocycles. The van der Waals surface area contributed by atoms with Gasteiger partial charge in [-0.1, -0.05) is 18.6 Å². The number of hydrogen-bond donors (Lipinski definition) is 1. The topological polar surface area (TPSA) is 43.1 Å². The van der Waals surface area contributed by atoms with Gasteiger partial charge in [0.2, 0.25) is 0 Å². The molecule has 1 atom stereocenters. The SMILES string of the molecule is Nc1cccc(C2CCCCC2=O)c1. The lowest BCUT2D eigenvalue weighted by Crippen LogP contribution is -2.16. The Morgan fingerprint density at radius 1 is 1.29 bits per heavy atom. The van der Waals surface area contributed by atoms with Crippen LogP contribution in [0.15, 0.2) is 24.3 Å². The maximum atomic E-state index is 11.7. The summed E-state index contributed by atoms with van der Waals surface area (Å²) in [6, 6.07) is 7.71. The van der Waals surface area contributed by atoms with Crippen molar-refractivity contribution in [3.05, 3.63) is 29.8 Å². The summed E-state index contributed by atoms with van der Waals surface area (Å²) in [5.41, 5.74) is 7.54. The zero-order chi connectivity index (χ0) is 9.97. The van der Waals surface area contributed by atoms with Crippen LogP contribution in [0.3, 0.4) is 0 Å². The minimum absolute atomic E-state index is 0.104. The molecule has 2 heteroatoms. The number of carbonyl (C=O) groups excluding carboxylic acids is 1. The molecule has 2 nitrogen and oxygen atoms in total. The van der Waals surface area contributed by atoms with Crippen LogP contribution in [0.25, 0.3) is 0 Å². The van der Waals surface area contributed by atoms with Crippen molar-refractivity contribution in [3.63, 3.8) is 0 Å². The summed E-state index contributed by atoms with van der Waals surface area (Å²) in [7, 11) is 0. The second kappa shape index (κ2) is 3.82. The molecule has 0 aliphatic heterocycles. The monoisotopic (exact) mass is 189 g/mol. The van der Waals surface area contributed by atoms with Crippen LogP contribution in [-0.2, 0) is 4.79 Å². The van der Waals surface area contributed by atoms with E-state index in [9.17, 15) is 4.79 Å². The molecule has 1 saturated carbocycles. The highest BCUT2D eigenvalue weighted by molar-refractivity contribution is 5.86. The van der Waals surface area contributed by atoms with Gasteiger partial charge in [-0.15, -0.1) is 0 Å². The number of Topliss-reactive ketones (excluding diaryl/α,β-unsaturated/α-hetero) is 1. The molecule has 74 valence electrons. The van der Waals surface area contributed by atoms with Crippen LogP contribution >= 0.6 is 0 Å². The Labute approximate surface area is 84.1 Å². The Hall–Kier alpha value is -1.31. The second-order valence-electron chi connectivity index (χ2n) is 3.93. The average Bonchev–Trinajstić information content (AvgIpc) is 2.18. The van der Waals surface area contributed by atoms with Gasteiger partial charge in [-0.05, 0) is 30.5 Å². The normalized spacial score (nSPS) is 22.3. The number of ketones is 1. The largest absolute Gasteiger partial charge is 0.399 e. The van der Waals surface area contributed by atoms with Crippen molar-refractivity contribution in [3.8, 4) is 0 Å². The second-order valence-corrected chi connectivity index (χ2v) is 3.93. The fraction of sp³-hybridized carbons (Fsp3) is 0.417. The molecule has 0 spiro atoms. The molecule has 0 heterocycles. The lowest BCUT2D eigenvalue weighted by atomic mass is 9.83. The third-order valence-corrected chi connectivity index (χ3v) is 2.87. The van der Waals surface area contributed by atoms with E-state index in [4.69, 9.17) is 5.73 Å². The van der Waals surface area contributed by atoms with E-state index in [-0.39, 0.29) is 5.92 Å². The van der Waals surface area contributed by atoms with Gasteiger partial charge in [0.1, 0.15) is 5.78 Å². The van der Waals surface area contributed by atoms with Gasteiger partial charge < -0.3 is 5.73 Å². The Morgan fingerprint density at radius 3 is 2.86 bits per heavy atom.